The number of amides is 1. The van der Waals surface area contributed by atoms with E-state index in [0.29, 0.717) is 24.4 Å². The molecule has 6 nitrogen and oxygen atoms in total. The molecule has 1 heterocycles. The van der Waals surface area contributed by atoms with Crippen molar-refractivity contribution in [3.05, 3.63) is 23.8 Å². The van der Waals surface area contributed by atoms with Gasteiger partial charge in [0.25, 0.3) is 5.91 Å². The van der Waals surface area contributed by atoms with Crippen LogP contribution in [-0.2, 0) is 21.2 Å². The Bertz CT molecular complexity index is 642. The zero-order valence-electron chi connectivity index (χ0n) is 12.4. The number of nitrogens with zero attached hydrogens (tertiary/aromatic N) is 1. The summed E-state index contributed by atoms with van der Waals surface area (Å²) in [4.78, 5) is 13.5. The summed E-state index contributed by atoms with van der Waals surface area (Å²) >= 11 is 0. The zero-order valence-corrected chi connectivity index (χ0v) is 13.2. The van der Waals surface area contributed by atoms with Gasteiger partial charge < -0.3 is 9.64 Å². The third kappa shape index (κ3) is 3.54. The van der Waals surface area contributed by atoms with E-state index in [4.69, 9.17) is 4.74 Å². The lowest BCUT2D eigenvalue weighted by atomic mass is 10.1. The van der Waals surface area contributed by atoms with Gasteiger partial charge in [-0.1, -0.05) is 6.07 Å². The summed E-state index contributed by atoms with van der Waals surface area (Å²) in [6.45, 7) is 3.65. The van der Waals surface area contributed by atoms with E-state index >= 15 is 0 Å². The smallest absolute Gasteiger partial charge is 0.267 e. The van der Waals surface area contributed by atoms with Crippen LogP contribution in [0.2, 0.25) is 0 Å². The predicted molar refractivity (Wildman–Crippen MR) is 81.1 cm³/mol. The van der Waals surface area contributed by atoms with Crippen molar-refractivity contribution in [1.82, 2.24) is 4.72 Å². The van der Waals surface area contributed by atoms with Crippen LogP contribution in [-0.4, -0.2) is 39.8 Å². The van der Waals surface area contributed by atoms with Crippen molar-refractivity contribution < 1.29 is 17.9 Å². The molecule has 1 aliphatic rings. The summed E-state index contributed by atoms with van der Waals surface area (Å²) in [5, 5.41) is 0. The van der Waals surface area contributed by atoms with E-state index in [9.17, 15) is 13.2 Å². The molecular weight excluding hydrogens is 292 g/mol. The number of ether oxygens (including phenoxy) is 1. The summed E-state index contributed by atoms with van der Waals surface area (Å²) in [5.41, 5.74) is 1.67. The normalized spacial score (nSPS) is 18.3. The number of hydrogen-bond acceptors (Lipinski definition) is 4. The number of likely N-dealkylation sites (N-methyl/N-ethyl adjacent to an activating group) is 1. The highest BCUT2D eigenvalue weighted by Gasteiger charge is 2.28. The number of rotatable bonds is 5. The Hall–Kier alpha value is -1.60. The van der Waals surface area contributed by atoms with Crippen LogP contribution in [0.4, 0.5) is 5.69 Å². The van der Waals surface area contributed by atoms with E-state index in [-0.39, 0.29) is 11.7 Å². The molecule has 0 spiro atoms. The Morgan fingerprint density at radius 1 is 1.38 bits per heavy atom. The Morgan fingerprint density at radius 2 is 2.10 bits per heavy atom. The molecule has 0 saturated carbocycles. The molecule has 0 aliphatic carbocycles. The summed E-state index contributed by atoms with van der Waals surface area (Å²) in [6, 6.07) is 5.56. The van der Waals surface area contributed by atoms with Crippen LogP contribution < -0.4 is 14.4 Å². The number of hydrogen-bond donors (Lipinski definition) is 1. The van der Waals surface area contributed by atoms with Crippen LogP contribution in [0.1, 0.15) is 19.4 Å². The molecule has 0 bridgehead atoms. The zero-order chi connectivity index (χ0) is 15.6. The third-order valence-corrected chi connectivity index (χ3v) is 4.89. The Kier molecular flexibility index (Phi) is 4.53. The second-order valence-corrected chi connectivity index (χ2v) is 7.10. The molecule has 1 aromatic rings. The maximum atomic E-state index is 11.9. The fourth-order valence-electron chi connectivity index (χ4n) is 2.17. The number of sulfonamides is 1. The number of carbonyl (C=O) groups excluding carboxylic acids is 1. The van der Waals surface area contributed by atoms with Gasteiger partial charge in [-0.25, -0.2) is 13.1 Å². The fourth-order valence-corrected chi connectivity index (χ4v) is 2.78. The molecule has 0 saturated heterocycles. The van der Waals surface area contributed by atoms with E-state index in [1.54, 1.807) is 25.8 Å². The molecule has 1 amide bonds. The average Bonchev–Trinajstić information content (AvgIpc) is 2.45. The number of carbonyl (C=O) groups is 1. The summed E-state index contributed by atoms with van der Waals surface area (Å²) in [5.74, 6) is 0.647. The van der Waals surface area contributed by atoms with Crippen molar-refractivity contribution in [3.63, 3.8) is 0 Å². The van der Waals surface area contributed by atoms with Crippen molar-refractivity contribution in [3.8, 4) is 5.75 Å². The number of benzene rings is 1. The SMILES string of the molecule is CCS(=O)(=O)NCCc1ccc2c(c1)N(C)C(=O)C(C)O2. The van der Waals surface area contributed by atoms with Gasteiger partial charge in [0.15, 0.2) is 6.10 Å². The Balaban J connectivity index is 2.09. The number of anilines is 1. The van der Waals surface area contributed by atoms with Gasteiger partial charge in [0.1, 0.15) is 5.75 Å². The Morgan fingerprint density at radius 3 is 2.76 bits per heavy atom. The number of fused-ring (bicyclic) bond motifs is 1. The van der Waals surface area contributed by atoms with Crippen LogP contribution >= 0.6 is 0 Å². The molecule has 1 N–H and O–H groups in total. The van der Waals surface area contributed by atoms with Gasteiger partial charge in [-0.3, -0.25) is 4.79 Å². The Labute approximate surface area is 125 Å². The molecule has 0 fully saturated rings. The summed E-state index contributed by atoms with van der Waals surface area (Å²) < 4.78 is 30.8. The molecule has 7 heteroatoms. The van der Waals surface area contributed by atoms with E-state index in [1.165, 1.54) is 0 Å². The van der Waals surface area contributed by atoms with Crippen molar-refractivity contribution in [2.75, 3.05) is 24.2 Å². The minimum atomic E-state index is -3.17. The molecule has 116 valence electrons. The topological polar surface area (TPSA) is 75.7 Å². The van der Waals surface area contributed by atoms with Crippen LogP contribution in [0.15, 0.2) is 18.2 Å². The quantitative estimate of drug-likeness (QED) is 0.877. The van der Waals surface area contributed by atoms with Gasteiger partial charge in [0, 0.05) is 13.6 Å². The molecule has 21 heavy (non-hydrogen) atoms. The molecule has 1 aliphatic heterocycles. The molecule has 0 radical (unpaired) electrons. The average molecular weight is 312 g/mol. The first-order chi connectivity index (χ1) is 9.84. The first-order valence-electron chi connectivity index (χ1n) is 6.88. The standard InChI is InChI=1S/C14H20N2O4S/c1-4-21(18,19)15-8-7-11-5-6-13-12(9-11)16(3)14(17)10(2)20-13/h5-6,9-10,15H,4,7-8H2,1-3H3. The molecule has 1 unspecified atom stereocenters. The largest absolute Gasteiger partial charge is 0.479 e. The van der Waals surface area contributed by atoms with E-state index in [2.05, 4.69) is 4.72 Å². The van der Waals surface area contributed by atoms with E-state index < -0.39 is 16.1 Å². The summed E-state index contributed by atoms with van der Waals surface area (Å²) in [7, 11) is -1.46. The lowest BCUT2D eigenvalue weighted by molar-refractivity contribution is -0.125. The van der Waals surface area contributed by atoms with E-state index in [1.807, 2.05) is 18.2 Å². The highest BCUT2D eigenvalue weighted by atomic mass is 32.2. The minimum absolute atomic E-state index is 0.0696. The van der Waals surface area contributed by atoms with Crippen molar-refractivity contribution in [2.24, 2.45) is 0 Å². The highest BCUT2D eigenvalue weighted by molar-refractivity contribution is 7.89. The number of nitrogens with one attached hydrogen (secondary N) is 1. The minimum Gasteiger partial charge on any atom is -0.479 e. The second-order valence-electron chi connectivity index (χ2n) is 5.01. The van der Waals surface area contributed by atoms with Crippen molar-refractivity contribution in [2.45, 2.75) is 26.4 Å². The van der Waals surface area contributed by atoms with E-state index in [0.717, 1.165) is 5.56 Å². The molecule has 2 rings (SSSR count). The monoisotopic (exact) mass is 312 g/mol. The predicted octanol–water partition coefficient (Wildman–Crippen LogP) is 0.912. The van der Waals surface area contributed by atoms with Crippen LogP contribution in [0.5, 0.6) is 5.75 Å². The fraction of sp³-hybridized carbons (Fsp3) is 0.500. The van der Waals surface area contributed by atoms with Crippen LogP contribution in [0.3, 0.4) is 0 Å². The first-order valence-corrected chi connectivity index (χ1v) is 8.54. The lowest BCUT2D eigenvalue weighted by Crippen LogP contribution is -2.42. The van der Waals surface area contributed by atoms with Gasteiger partial charge in [-0.15, -0.1) is 0 Å². The van der Waals surface area contributed by atoms with Gasteiger partial charge in [0.05, 0.1) is 11.4 Å². The molecule has 1 aromatic carbocycles. The maximum absolute atomic E-state index is 11.9. The van der Waals surface area contributed by atoms with Gasteiger partial charge in [-0.2, -0.15) is 0 Å². The van der Waals surface area contributed by atoms with Crippen LogP contribution in [0, 0.1) is 0 Å². The molecular formula is C14H20N2O4S. The lowest BCUT2D eigenvalue weighted by Gasteiger charge is -2.30. The molecule has 0 aromatic heterocycles. The first kappa shape index (κ1) is 15.8. The highest BCUT2D eigenvalue weighted by Crippen LogP contribution is 2.33. The van der Waals surface area contributed by atoms with Crippen molar-refractivity contribution >= 4 is 21.6 Å². The van der Waals surface area contributed by atoms with Gasteiger partial charge in [0.2, 0.25) is 10.0 Å². The van der Waals surface area contributed by atoms with Gasteiger partial charge in [-0.05, 0) is 38.0 Å². The van der Waals surface area contributed by atoms with Crippen molar-refractivity contribution in [1.29, 1.82) is 0 Å². The maximum Gasteiger partial charge on any atom is 0.267 e. The summed E-state index contributed by atoms with van der Waals surface area (Å²) in [6.07, 6.45) is 0.0779. The second kappa shape index (κ2) is 6.03. The third-order valence-electron chi connectivity index (χ3n) is 3.48. The molecule has 1 atom stereocenters. The van der Waals surface area contributed by atoms with Crippen LogP contribution in [0.25, 0.3) is 0 Å². The van der Waals surface area contributed by atoms with Gasteiger partial charge >= 0.3 is 0 Å².